The lowest BCUT2D eigenvalue weighted by atomic mass is 9.94. The number of Topliss-reactive ketones (excluding diaryl/α,β-unsaturated/α-hetero) is 1. The lowest BCUT2D eigenvalue weighted by Crippen LogP contribution is -2.36. The van der Waals surface area contributed by atoms with Crippen LogP contribution in [0.3, 0.4) is 0 Å². The van der Waals surface area contributed by atoms with Crippen LogP contribution in [0.5, 0.6) is 5.75 Å². The van der Waals surface area contributed by atoms with Gasteiger partial charge in [0.05, 0.1) is 17.3 Å². The molecule has 190 valence electrons. The van der Waals surface area contributed by atoms with E-state index in [0.29, 0.717) is 23.5 Å². The molecule has 36 heavy (non-hydrogen) atoms. The monoisotopic (exact) mass is 527 g/mol. The van der Waals surface area contributed by atoms with E-state index < -0.39 is 10.0 Å². The highest BCUT2D eigenvalue weighted by Crippen LogP contribution is 2.35. The zero-order valence-corrected chi connectivity index (χ0v) is 22.1. The number of carbonyl (C=O) groups is 2. The summed E-state index contributed by atoms with van der Waals surface area (Å²) in [4.78, 5) is 24.5. The van der Waals surface area contributed by atoms with Crippen LogP contribution >= 0.6 is 11.3 Å². The Balaban J connectivity index is 1.71. The van der Waals surface area contributed by atoms with E-state index in [-0.39, 0.29) is 42.4 Å². The normalized spacial score (nSPS) is 17.9. The first-order valence-electron chi connectivity index (χ1n) is 11.8. The van der Waals surface area contributed by atoms with Crippen molar-refractivity contribution in [3.8, 4) is 5.75 Å². The van der Waals surface area contributed by atoms with E-state index in [4.69, 9.17) is 9.47 Å². The van der Waals surface area contributed by atoms with Crippen LogP contribution in [0, 0.1) is 6.92 Å². The van der Waals surface area contributed by atoms with Gasteiger partial charge < -0.3 is 9.47 Å². The summed E-state index contributed by atoms with van der Waals surface area (Å²) in [7, 11) is -3.78. The quantitative estimate of drug-likeness (QED) is 0.290. The highest BCUT2D eigenvalue weighted by Gasteiger charge is 2.34. The first kappa shape index (κ1) is 26.1. The number of para-hydroxylation sites is 1. The largest absolute Gasteiger partial charge is 0.488 e. The van der Waals surface area contributed by atoms with E-state index >= 15 is 0 Å². The smallest absolute Gasteiger partial charge is 0.293 e. The molecule has 1 aliphatic heterocycles. The number of fused-ring (bicyclic) bond motifs is 1. The van der Waals surface area contributed by atoms with E-state index in [2.05, 4.69) is 0 Å². The molecule has 1 unspecified atom stereocenters. The van der Waals surface area contributed by atoms with Crippen molar-refractivity contribution in [1.82, 2.24) is 4.31 Å². The van der Waals surface area contributed by atoms with Crippen LogP contribution in [-0.4, -0.2) is 44.2 Å². The summed E-state index contributed by atoms with van der Waals surface area (Å²) in [6.45, 7) is 6.38. The molecule has 0 saturated heterocycles. The van der Waals surface area contributed by atoms with Crippen molar-refractivity contribution >= 4 is 33.6 Å². The van der Waals surface area contributed by atoms with Gasteiger partial charge in [-0.05, 0) is 61.2 Å². The summed E-state index contributed by atoms with van der Waals surface area (Å²) in [5.74, 6) is 0.0773. The molecule has 2 heterocycles. The summed E-state index contributed by atoms with van der Waals surface area (Å²) < 4.78 is 39.9. The number of nitrogens with zero attached hydrogens (tertiary/aromatic N) is 1. The molecule has 0 N–H and O–H groups in total. The van der Waals surface area contributed by atoms with Gasteiger partial charge in [0.15, 0.2) is 5.78 Å². The van der Waals surface area contributed by atoms with Crippen molar-refractivity contribution in [1.29, 1.82) is 0 Å². The number of hydrogen-bond donors (Lipinski definition) is 0. The van der Waals surface area contributed by atoms with E-state index in [1.165, 1.54) is 22.6 Å². The van der Waals surface area contributed by atoms with Crippen molar-refractivity contribution in [2.75, 3.05) is 13.2 Å². The molecule has 0 saturated carbocycles. The fraction of sp³-hybridized carbons (Fsp3) is 0.333. The molecule has 0 fully saturated rings. The minimum absolute atomic E-state index is 0.0229. The highest BCUT2D eigenvalue weighted by molar-refractivity contribution is 7.89. The van der Waals surface area contributed by atoms with Crippen molar-refractivity contribution < 1.29 is 27.5 Å². The Kier molecular flexibility index (Phi) is 7.92. The summed E-state index contributed by atoms with van der Waals surface area (Å²) >= 11 is 1.37. The highest BCUT2D eigenvalue weighted by atomic mass is 32.2. The molecule has 1 aromatic heterocycles. The van der Waals surface area contributed by atoms with Gasteiger partial charge in [0, 0.05) is 11.4 Å². The molecule has 0 amide bonds. The third kappa shape index (κ3) is 5.38. The lowest BCUT2D eigenvalue weighted by Gasteiger charge is -2.24. The predicted octanol–water partition coefficient (Wildman–Crippen LogP) is 4.93. The molecule has 3 aromatic rings. The molecule has 7 nitrogen and oxygen atoms in total. The maximum atomic E-state index is 13.6. The van der Waals surface area contributed by atoms with Gasteiger partial charge in [0.25, 0.3) is 6.47 Å². The first-order valence-corrected chi connectivity index (χ1v) is 14.0. The van der Waals surface area contributed by atoms with E-state index in [1.807, 2.05) is 38.1 Å². The minimum atomic E-state index is -3.78. The van der Waals surface area contributed by atoms with Gasteiger partial charge in [-0.15, -0.1) is 11.3 Å². The van der Waals surface area contributed by atoms with Crippen molar-refractivity contribution in [3.05, 3.63) is 81.0 Å². The average Bonchev–Trinajstić information content (AvgIpc) is 3.32. The van der Waals surface area contributed by atoms with Gasteiger partial charge in [0.2, 0.25) is 10.0 Å². The van der Waals surface area contributed by atoms with Gasteiger partial charge in [-0.1, -0.05) is 37.3 Å². The molecular weight excluding hydrogens is 498 g/mol. The summed E-state index contributed by atoms with van der Waals surface area (Å²) in [6, 6.07) is 16.3. The van der Waals surface area contributed by atoms with Gasteiger partial charge in [-0.25, -0.2) is 8.42 Å². The second kappa shape index (κ2) is 10.9. The third-order valence-electron chi connectivity index (χ3n) is 6.39. The van der Waals surface area contributed by atoms with Crippen molar-refractivity contribution in [3.63, 3.8) is 0 Å². The topological polar surface area (TPSA) is 90.0 Å². The summed E-state index contributed by atoms with van der Waals surface area (Å²) in [5.41, 5.74) is 2.68. The molecule has 0 bridgehead atoms. The molecule has 0 aliphatic carbocycles. The minimum Gasteiger partial charge on any atom is -0.488 e. The molecule has 2 atom stereocenters. The summed E-state index contributed by atoms with van der Waals surface area (Å²) in [6.07, 6.45) is 0.401. The maximum absolute atomic E-state index is 13.6. The van der Waals surface area contributed by atoms with E-state index in [9.17, 15) is 18.0 Å². The maximum Gasteiger partial charge on any atom is 0.293 e. The Labute approximate surface area is 215 Å². The van der Waals surface area contributed by atoms with Gasteiger partial charge in [0.1, 0.15) is 23.4 Å². The molecule has 2 aromatic carbocycles. The second-order valence-corrected chi connectivity index (χ2v) is 11.8. The number of benzene rings is 2. The van der Waals surface area contributed by atoms with E-state index in [0.717, 1.165) is 21.6 Å². The average molecular weight is 528 g/mol. The molecule has 0 spiro atoms. The number of sulfonamides is 1. The zero-order valence-electron chi connectivity index (χ0n) is 20.5. The number of hydrogen-bond acceptors (Lipinski definition) is 7. The Morgan fingerprint density at radius 1 is 1.22 bits per heavy atom. The van der Waals surface area contributed by atoms with Gasteiger partial charge in [-0.2, -0.15) is 4.31 Å². The first-order chi connectivity index (χ1) is 17.2. The number of rotatable bonds is 9. The Hall–Kier alpha value is -3.01. The van der Waals surface area contributed by atoms with Crippen molar-refractivity contribution in [2.45, 2.75) is 50.7 Å². The lowest BCUT2D eigenvalue weighted by molar-refractivity contribution is -0.128. The second-order valence-electron chi connectivity index (χ2n) is 8.82. The van der Waals surface area contributed by atoms with Gasteiger partial charge in [-0.3, -0.25) is 9.59 Å². The SMILES string of the molecule is CC[C@@H]1CN(Cc2cc(C(COC=O)c3ccc(C(C)=O)s3)ccc2C)S(=O)(=O)c2ccccc2O1. The Morgan fingerprint density at radius 3 is 2.69 bits per heavy atom. The van der Waals surface area contributed by atoms with Crippen LogP contribution in [0.25, 0.3) is 0 Å². The molecular formula is C27H29NO6S2. The fourth-order valence-corrected chi connectivity index (χ4v) is 6.87. The summed E-state index contributed by atoms with van der Waals surface area (Å²) in [5, 5.41) is 0. The Bertz CT molecular complexity index is 1360. The molecule has 1 aliphatic rings. The van der Waals surface area contributed by atoms with Crippen LogP contribution < -0.4 is 4.74 Å². The molecule has 9 heteroatoms. The van der Waals surface area contributed by atoms with Gasteiger partial charge >= 0.3 is 0 Å². The van der Waals surface area contributed by atoms with Crippen LogP contribution in [-0.2, 0) is 26.1 Å². The molecule has 0 radical (unpaired) electrons. The molecule has 4 rings (SSSR count). The zero-order chi connectivity index (χ0) is 25.9. The number of ketones is 1. The third-order valence-corrected chi connectivity index (χ3v) is 9.54. The number of carbonyl (C=O) groups excluding carboxylic acids is 2. The fourth-order valence-electron chi connectivity index (χ4n) is 4.28. The van der Waals surface area contributed by atoms with Crippen LogP contribution in [0.15, 0.2) is 59.5 Å². The van der Waals surface area contributed by atoms with Crippen LogP contribution in [0.4, 0.5) is 0 Å². The van der Waals surface area contributed by atoms with Crippen LogP contribution in [0.2, 0.25) is 0 Å². The van der Waals surface area contributed by atoms with Crippen LogP contribution in [0.1, 0.15) is 57.4 Å². The number of aryl methyl sites for hydroxylation is 1. The van der Waals surface area contributed by atoms with Crippen molar-refractivity contribution in [2.24, 2.45) is 0 Å². The Morgan fingerprint density at radius 2 is 2.00 bits per heavy atom. The number of ether oxygens (including phenoxy) is 2. The van der Waals surface area contributed by atoms with E-state index in [1.54, 1.807) is 30.3 Å². The number of thiophene rings is 1. The predicted molar refractivity (Wildman–Crippen MR) is 138 cm³/mol. The standard InChI is InChI=1S/C27H29NO6S2/c1-4-22-15-28(36(31,32)27-8-6-5-7-24(27)34-22)14-21-13-20(10-9-18(21)2)23(16-33-17-29)26-12-11-25(35-26)19(3)30/h5-13,17,22-23H,4,14-16H2,1-3H3/t22-,23?/m1/s1.